The average Bonchev–Trinajstić information content (AvgIpc) is 2.89. The van der Waals surface area contributed by atoms with Crippen molar-refractivity contribution in [1.82, 2.24) is 14.7 Å². The van der Waals surface area contributed by atoms with Gasteiger partial charge in [0.1, 0.15) is 0 Å². The van der Waals surface area contributed by atoms with Gasteiger partial charge in [0.2, 0.25) is 0 Å². The molecule has 5 heteroatoms. The monoisotopic (exact) mass is 313 g/mol. The number of rotatable bonds is 2. The second-order valence-electron chi connectivity index (χ2n) is 7.29. The Labute approximate surface area is 136 Å². The van der Waals surface area contributed by atoms with Crippen molar-refractivity contribution in [1.29, 1.82) is 0 Å². The van der Waals surface area contributed by atoms with Gasteiger partial charge in [-0.15, -0.1) is 0 Å². The number of amides is 1. The third kappa shape index (κ3) is 3.01. The van der Waals surface area contributed by atoms with Crippen molar-refractivity contribution in [3.8, 4) is 5.69 Å². The summed E-state index contributed by atoms with van der Waals surface area (Å²) in [5, 5.41) is 14.1. The molecule has 1 N–H and O–H groups in total. The molecule has 0 atom stereocenters. The molecule has 1 amide bonds. The smallest absolute Gasteiger partial charge is 0.257 e. The van der Waals surface area contributed by atoms with Gasteiger partial charge < -0.3 is 10.0 Å². The minimum Gasteiger partial charge on any atom is -0.389 e. The Morgan fingerprint density at radius 2 is 1.83 bits per heavy atom. The minimum absolute atomic E-state index is 0.0569. The quantitative estimate of drug-likeness (QED) is 0.925. The lowest BCUT2D eigenvalue weighted by atomic mass is 9.89. The van der Waals surface area contributed by atoms with Gasteiger partial charge in [-0.05, 0) is 19.1 Å². The standard InChI is InChI=1S/C18H23N3O2/c1-12-5-7-13(8-6-12)21-11-15(16(19-21)18(2,3)4)17(23)20-9-14(22)10-20/h5-8,11,14,22H,9-10H2,1-4H3. The summed E-state index contributed by atoms with van der Waals surface area (Å²) in [7, 11) is 0. The third-order valence-electron chi connectivity index (χ3n) is 4.10. The number of likely N-dealkylation sites (tertiary alicyclic amines) is 1. The van der Waals surface area contributed by atoms with Gasteiger partial charge in [-0.25, -0.2) is 4.68 Å². The van der Waals surface area contributed by atoms with Crippen LogP contribution in [0.2, 0.25) is 0 Å². The molecule has 1 fully saturated rings. The predicted molar refractivity (Wildman–Crippen MR) is 88.9 cm³/mol. The summed E-state index contributed by atoms with van der Waals surface area (Å²) >= 11 is 0. The molecule has 0 unspecified atom stereocenters. The Bertz CT molecular complexity index is 720. The van der Waals surface area contributed by atoms with Crippen LogP contribution in [0.1, 0.15) is 42.4 Å². The molecule has 0 radical (unpaired) electrons. The molecule has 122 valence electrons. The van der Waals surface area contributed by atoms with Crippen LogP contribution in [0.15, 0.2) is 30.5 Å². The predicted octanol–water partition coefficient (Wildman–Crippen LogP) is 2.29. The van der Waals surface area contributed by atoms with E-state index in [0.717, 1.165) is 11.4 Å². The summed E-state index contributed by atoms with van der Waals surface area (Å²) in [6.07, 6.45) is 1.40. The molecule has 2 aromatic rings. The Balaban J connectivity index is 2.00. The maximum atomic E-state index is 12.7. The lowest BCUT2D eigenvalue weighted by Crippen LogP contribution is -2.53. The summed E-state index contributed by atoms with van der Waals surface area (Å²) in [6, 6.07) is 8.05. The molecule has 23 heavy (non-hydrogen) atoms. The fourth-order valence-electron chi connectivity index (χ4n) is 2.71. The molecule has 1 aliphatic heterocycles. The topological polar surface area (TPSA) is 58.4 Å². The largest absolute Gasteiger partial charge is 0.389 e. The van der Waals surface area contributed by atoms with Crippen LogP contribution in [-0.2, 0) is 5.41 Å². The lowest BCUT2D eigenvalue weighted by Gasteiger charge is -2.36. The maximum absolute atomic E-state index is 12.7. The molecule has 2 heterocycles. The molecule has 0 bridgehead atoms. The number of aromatic nitrogens is 2. The van der Waals surface area contributed by atoms with E-state index in [1.165, 1.54) is 5.56 Å². The Morgan fingerprint density at radius 1 is 1.22 bits per heavy atom. The Morgan fingerprint density at radius 3 is 2.35 bits per heavy atom. The maximum Gasteiger partial charge on any atom is 0.257 e. The van der Waals surface area contributed by atoms with Crippen LogP contribution < -0.4 is 0 Å². The number of carbonyl (C=O) groups is 1. The van der Waals surface area contributed by atoms with E-state index in [0.29, 0.717) is 18.7 Å². The highest BCUT2D eigenvalue weighted by Crippen LogP contribution is 2.27. The highest BCUT2D eigenvalue weighted by atomic mass is 16.3. The summed E-state index contributed by atoms with van der Waals surface area (Å²) < 4.78 is 1.77. The van der Waals surface area contributed by atoms with Crippen molar-refractivity contribution in [2.75, 3.05) is 13.1 Å². The van der Waals surface area contributed by atoms with E-state index in [1.54, 1.807) is 15.8 Å². The molecule has 1 aliphatic rings. The highest BCUT2D eigenvalue weighted by Gasteiger charge is 2.34. The fraction of sp³-hybridized carbons (Fsp3) is 0.444. The van der Waals surface area contributed by atoms with E-state index in [2.05, 4.69) is 25.9 Å². The van der Waals surface area contributed by atoms with E-state index in [9.17, 15) is 9.90 Å². The van der Waals surface area contributed by atoms with Crippen molar-refractivity contribution in [3.63, 3.8) is 0 Å². The lowest BCUT2D eigenvalue weighted by molar-refractivity contribution is 0.00574. The average molecular weight is 313 g/mol. The van der Waals surface area contributed by atoms with Crippen molar-refractivity contribution in [2.45, 2.75) is 39.2 Å². The molecule has 3 rings (SSSR count). The van der Waals surface area contributed by atoms with E-state index in [-0.39, 0.29) is 11.3 Å². The van der Waals surface area contributed by atoms with Gasteiger partial charge in [0, 0.05) is 24.7 Å². The Hall–Kier alpha value is -2.14. The fourth-order valence-corrected chi connectivity index (χ4v) is 2.71. The van der Waals surface area contributed by atoms with Gasteiger partial charge in [0.25, 0.3) is 5.91 Å². The molecule has 5 nitrogen and oxygen atoms in total. The molecular weight excluding hydrogens is 290 g/mol. The van der Waals surface area contributed by atoms with Gasteiger partial charge in [0.05, 0.1) is 23.0 Å². The van der Waals surface area contributed by atoms with Crippen LogP contribution in [0, 0.1) is 6.92 Å². The van der Waals surface area contributed by atoms with Gasteiger partial charge in [0.15, 0.2) is 0 Å². The third-order valence-corrected chi connectivity index (χ3v) is 4.10. The highest BCUT2D eigenvalue weighted by molar-refractivity contribution is 5.96. The molecule has 1 saturated heterocycles. The van der Waals surface area contributed by atoms with Crippen LogP contribution in [0.5, 0.6) is 0 Å². The van der Waals surface area contributed by atoms with E-state index < -0.39 is 6.10 Å². The number of nitrogens with zero attached hydrogens (tertiary/aromatic N) is 3. The summed E-state index contributed by atoms with van der Waals surface area (Å²) in [5.74, 6) is -0.0569. The normalized spacial score (nSPS) is 15.6. The zero-order valence-corrected chi connectivity index (χ0v) is 14.1. The number of aliphatic hydroxyl groups is 1. The van der Waals surface area contributed by atoms with Crippen LogP contribution in [0.4, 0.5) is 0 Å². The van der Waals surface area contributed by atoms with Gasteiger partial charge in [-0.2, -0.15) is 5.10 Å². The van der Waals surface area contributed by atoms with E-state index in [4.69, 9.17) is 0 Å². The first-order valence-electron chi connectivity index (χ1n) is 7.90. The molecule has 1 aromatic heterocycles. The van der Waals surface area contributed by atoms with Crippen LogP contribution in [0.3, 0.4) is 0 Å². The van der Waals surface area contributed by atoms with Crippen molar-refractivity contribution in [2.24, 2.45) is 0 Å². The van der Waals surface area contributed by atoms with Crippen LogP contribution in [0.25, 0.3) is 5.69 Å². The van der Waals surface area contributed by atoms with E-state index in [1.807, 2.05) is 31.2 Å². The van der Waals surface area contributed by atoms with Crippen LogP contribution >= 0.6 is 0 Å². The SMILES string of the molecule is Cc1ccc(-n2cc(C(=O)N3CC(O)C3)c(C(C)(C)C)n2)cc1. The zero-order valence-electron chi connectivity index (χ0n) is 14.1. The number of aliphatic hydroxyl groups excluding tert-OH is 1. The molecule has 0 saturated carbocycles. The van der Waals surface area contributed by atoms with Crippen molar-refractivity contribution < 1.29 is 9.90 Å². The number of aryl methyl sites for hydroxylation is 1. The number of benzene rings is 1. The summed E-state index contributed by atoms with van der Waals surface area (Å²) in [6.45, 7) is 9.00. The van der Waals surface area contributed by atoms with Crippen molar-refractivity contribution in [3.05, 3.63) is 47.3 Å². The first-order valence-corrected chi connectivity index (χ1v) is 7.90. The zero-order chi connectivity index (χ0) is 16.8. The van der Waals surface area contributed by atoms with Gasteiger partial charge >= 0.3 is 0 Å². The first kappa shape index (κ1) is 15.7. The summed E-state index contributed by atoms with van der Waals surface area (Å²) in [5.41, 5.74) is 3.28. The molecular formula is C18H23N3O2. The van der Waals surface area contributed by atoms with Gasteiger partial charge in [-0.3, -0.25) is 4.79 Å². The second-order valence-corrected chi connectivity index (χ2v) is 7.29. The molecule has 1 aromatic carbocycles. The Kier molecular flexibility index (Phi) is 3.76. The number of carbonyl (C=O) groups excluding carboxylic acids is 1. The number of β-amino-alcohol motifs (C(OH)–C–C–N with tert-alkyl or cyclic N) is 1. The minimum atomic E-state index is -0.399. The number of hydrogen-bond acceptors (Lipinski definition) is 3. The molecule has 0 aliphatic carbocycles. The van der Waals surface area contributed by atoms with E-state index >= 15 is 0 Å². The van der Waals surface area contributed by atoms with Gasteiger partial charge in [-0.1, -0.05) is 38.5 Å². The van der Waals surface area contributed by atoms with Crippen molar-refractivity contribution >= 4 is 5.91 Å². The number of hydrogen-bond donors (Lipinski definition) is 1. The molecule has 0 spiro atoms. The second kappa shape index (κ2) is 5.49. The first-order chi connectivity index (χ1) is 10.8. The summed E-state index contributed by atoms with van der Waals surface area (Å²) in [4.78, 5) is 14.4. The van der Waals surface area contributed by atoms with Crippen LogP contribution in [-0.4, -0.2) is 44.9 Å².